The van der Waals surface area contributed by atoms with E-state index in [-0.39, 0.29) is 23.0 Å². The Labute approximate surface area is 189 Å². The molecular weight excluding hydrogens is 457 g/mol. The molecule has 1 fully saturated rings. The van der Waals surface area contributed by atoms with Gasteiger partial charge in [-0.15, -0.1) is 11.0 Å². The number of thioether (sulfide) groups is 1. The minimum Gasteiger partial charge on any atom is -0.497 e. The second kappa shape index (κ2) is 9.96. The number of nitrogens with zero attached hydrogens (tertiary/aromatic N) is 2. The summed E-state index contributed by atoms with van der Waals surface area (Å²) in [5.74, 6) is -0.818. The van der Waals surface area contributed by atoms with Crippen molar-refractivity contribution >= 4 is 44.5 Å². The molecule has 0 aromatic heterocycles. The van der Waals surface area contributed by atoms with Crippen LogP contribution in [0.5, 0.6) is 5.75 Å². The third kappa shape index (κ3) is 5.54. The van der Waals surface area contributed by atoms with Crippen molar-refractivity contribution in [1.29, 1.82) is 0 Å². The number of halogens is 1. The first-order chi connectivity index (χ1) is 15.2. The predicted octanol–water partition coefficient (Wildman–Crippen LogP) is 3.04. The Morgan fingerprint density at radius 3 is 2.50 bits per heavy atom. The van der Waals surface area contributed by atoms with Gasteiger partial charge in [0.15, 0.2) is 5.17 Å². The SMILES string of the molecule is C=CCN1C(=O)C(CC(=O)Nc2ccc(OC)cc2)S/C1=N\S(=O)(=O)c1ccc(F)cc1. The predicted molar refractivity (Wildman–Crippen MR) is 121 cm³/mol. The van der Waals surface area contributed by atoms with Gasteiger partial charge in [-0.05, 0) is 48.5 Å². The van der Waals surface area contributed by atoms with Gasteiger partial charge in [0.2, 0.25) is 11.8 Å². The van der Waals surface area contributed by atoms with E-state index in [0.717, 1.165) is 40.9 Å². The van der Waals surface area contributed by atoms with Crippen LogP contribution < -0.4 is 10.1 Å². The molecule has 0 aliphatic carbocycles. The van der Waals surface area contributed by atoms with Crippen molar-refractivity contribution in [3.05, 3.63) is 67.0 Å². The molecule has 0 radical (unpaired) electrons. The van der Waals surface area contributed by atoms with Gasteiger partial charge in [-0.3, -0.25) is 14.5 Å². The van der Waals surface area contributed by atoms with Crippen LogP contribution in [-0.4, -0.2) is 49.2 Å². The number of benzene rings is 2. The topological polar surface area (TPSA) is 105 Å². The van der Waals surface area contributed by atoms with Crippen molar-refractivity contribution in [1.82, 2.24) is 4.90 Å². The summed E-state index contributed by atoms with van der Waals surface area (Å²) in [5, 5.41) is 1.77. The van der Waals surface area contributed by atoms with Crippen molar-refractivity contribution in [2.45, 2.75) is 16.6 Å². The molecule has 0 bridgehead atoms. The number of hydrogen-bond acceptors (Lipinski definition) is 6. The molecule has 1 heterocycles. The zero-order valence-electron chi connectivity index (χ0n) is 17.0. The molecule has 0 spiro atoms. The number of nitrogens with one attached hydrogen (secondary N) is 1. The van der Waals surface area contributed by atoms with Gasteiger partial charge in [0.1, 0.15) is 16.8 Å². The summed E-state index contributed by atoms with van der Waals surface area (Å²) in [6.45, 7) is 3.60. The van der Waals surface area contributed by atoms with Gasteiger partial charge in [0.25, 0.3) is 10.0 Å². The van der Waals surface area contributed by atoms with Crippen molar-refractivity contribution in [2.24, 2.45) is 4.40 Å². The standard InChI is InChI=1S/C21H20FN3O5S2/c1-3-12-25-20(27)18(13-19(26)23-15-6-8-16(30-2)9-7-15)31-21(25)24-32(28,29)17-10-4-14(22)5-11-17/h3-11,18H,1,12-13H2,2H3,(H,23,26)/b24-21-. The highest BCUT2D eigenvalue weighted by Crippen LogP contribution is 2.31. The Bertz CT molecular complexity index is 1150. The average Bonchev–Trinajstić information content (AvgIpc) is 3.03. The minimum absolute atomic E-state index is 0.0280. The van der Waals surface area contributed by atoms with Crippen molar-refractivity contribution in [3.63, 3.8) is 0 Å². The highest BCUT2D eigenvalue weighted by Gasteiger charge is 2.39. The Morgan fingerprint density at radius 2 is 1.91 bits per heavy atom. The molecule has 2 aromatic rings. The minimum atomic E-state index is -4.18. The summed E-state index contributed by atoms with van der Waals surface area (Å²) in [5.41, 5.74) is 0.530. The van der Waals surface area contributed by atoms with E-state index in [1.807, 2.05) is 0 Å². The van der Waals surface area contributed by atoms with Crippen molar-refractivity contribution in [3.8, 4) is 5.75 Å². The van der Waals surface area contributed by atoms with E-state index in [1.165, 1.54) is 13.2 Å². The summed E-state index contributed by atoms with van der Waals surface area (Å²) < 4.78 is 47.1. The van der Waals surface area contributed by atoms with Crippen molar-refractivity contribution in [2.75, 3.05) is 19.0 Å². The number of ether oxygens (including phenoxy) is 1. The van der Waals surface area contributed by atoms with Crippen LogP contribution in [0.15, 0.2) is 70.5 Å². The second-order valence-electron chi connectivity index (χ2n) is 6.63. The fraction of sp³-hybridized carbons (Fsp3) is 0.190. The van der Waals surface area contributed by atoms with Crippen LogP contribution in [-0.2, 0) is 19.6 Å². The van der Waals surface area contributed by atoms with Crippen LogP contribution in [0.25, 0.3) is 0 Å². The smallest absolute Gasteiger partial charge is 0.284 e. The zero-order chi connectivity index (χ0) is 23.3. The molecule has 1 atom stereocenters. The van der Waals surface area contributed by atoms with Gasteiger partial charge in [-0.2, -0.15) is 8.42 Å². The highest BCUT2D eigenvalue weighted by molar-refractivity contribution is 8.16. The van der Waals surface area contributed by atoms with E-state index in [1.54, 1.807) is 24.3 Å². The lowest BCUT2D eigenvalue weighted by atomic mass is 10.2. The molecule has 1 aliphatic rings. The summed E-state index contributed by atoms with van der Waals surface area (Å²) in [7, 11) is -2.65. The number of anilines is 1. The molecule has 3 rings (SSSR count). The molecule has 1 N–H and O–H groups in total. The van der Waals surface area contributed by atoms with Crippen molar-refractivity contribution < 1.29 is 27.1 Å². The molecule has 32 heavy (non-hydrogen) atoms. The third-order valence-electron chi connectivity index (χ3n) is 4.39. The Balaban J connectivity index is 1.76. The average molecular weight is 478 g/mol. The number of amides is 2. The number of methoxy groups -OCH3 is 1. The Morgan fingerprint density at radius 1 is 1.25 bits per heavy atom. The summed E-state index contributed by atoms with van der Waals surface area (Å²) >= 11 is 0.881. The fourth-order valence-electron chi connectivity index (χ4n) is 2.82. The first kappa shape index (κ1) is 23.5. The first-order valence-electron chi connectivity index (χ1n) is 9.37. The largest absolute Gasteiger partial charge is 0.497 e. The number of sulfonamides is 1. The number of amidine groups is 1. The van der Waals surface area contributed by atoms with Crippen LogP contribution in [0.4, 0.5) is 10.1 Å². The number of hydrogen-bond donors (Lipinski definition) is 1. The van der Waals surface area contributed by atoms with E-state index >= 15 is 0 Å². The monoisotopic (exact) mass is 477 g/mol. The second-order valence-corrected chi connectivity index (χ2v) is 9.40. The van der Waals surface area contributed by atoms with Crippen LogP contribution in [0.1, 0.15) is 6.42 Å². The quantitative estimate of drug-likeness (QED) is 0.586. The lowest BCUT2D eigenvalue weighted by Gasteiger charge is -2.13. The van der Waals surface area contributed by atoms with E-state index < -0.39 is 32.9 Å². The third-order valence-corrected chi connectivity index (χ3v) is 6.96. The van der Waals surface area contributed by atoms with Crippen LogP contribution in [0, 0.1) is 5.82 Å². The summed E-state index contributed by atoms with van der Waals surface area (Å²) in [4.78, 5) is 26.2. The van der Waals surface area contributed by atoms with E-state index in [9.17, 15) is 22.4 Å². The number of rotatable bonds is 8. The van der Waals surface area contributed by atoms with E-state index in [0.29, 0.717) is 11.4 Å². The molecule has 1 unspecified atom stereocenters. The maximum absolute atomic E-state index is 13.1. The molecule has 2 aromatic carbocycles. The molecule has 1 saturated heterocycles. The van der Waals surface area contributed by atoms with Crippen LogP contribution in [0.3, 0.4) is 0 Å². The molecule has 1 aliphatic heterocycles. The van der Waals surface area contributed by atoms with Gasteiger partial charge in [-0.25, -0.2) is 4.39 Å². The number of carbonyl (C=O) groups is 2. The summed E-state index contributed by atoms with van der Waals surface area (Å²) in [6.07, 6.45) is 1.25. The molecule has 168 valence electrons. The molecular formula is C21H20FN3O5S2. The molecule has 0 saturated carbocycles. The van der Waals surface area contributed by atoms with Gasteiger partial charge in [0.05, 0.1) is 12.0 Å². The molecule has 11 heteroatoms. The van der Waals surface area contributed by atoms with Gasteiger partial charge < -0.3 is 10.1 Å². The maximum atomic E-state index is 13.1. The molecule has 8 nitrogen and oxygen atoms in total. The first-order valence-corrected chi connectivity index (χ1v) is 11.7. The maximum Gasteiger partial charge on any atom is 0.284 e. The summed E-state index contributed by atoms with van der Waals surface area (Å²) in [6, 6.07) is 10.9. The fourth-order valence-corrected chi connectivity index (χ4v) is 5.19. The number of carbonyl (C=O) groups excluding carboxylic acids is 2. The Hall–Kier alpha value is -3.18. The molecule has 2 amide bonds. The Kier molecular flexibility index (Phi) is 7.31. The zero-order valence-corrected chi connectivity index (χ0v) is 18.7. The van der Waals surface area contributed by atoms with Gasteiger partial charge >= 0.3 is 0 Å². The van der Waals surface area contributed by atoms with Crippen LogP contribution >= 0.6 is 11.8 Å². The van der Waals surface area contributed by atoms with E-state index in [2.05, 4.69) is 16.3 Å². The van der Waals surface area contributed by atoms with Crippen LogP contribution in [0.2, 0.25) is 0 Å². The van der Waals surface area contributed by atoms with Gasteiger partial charge in [0, 0.05) is 18.7 Å². The lowest BCUT2D eigenvalue weighted by Crippen LogP contribution is -2.33. The highest BCUT2D eigenvalue weighted by atomic mass is 32.2. The van der Waals surface area contributed by atoms with E-state index in [4.69, 9.17) is 4.74 Å². The van der Waals surface area contributed by atoms with Gasteiger partial charge in [-0.1, -0.05) is 17.8 Å². The normalized spacial score (nSPS) is 17.4. The lowest BCUT2D eigenvalue weighted by molar-refractivity contribution is -0.127.